The third-order valence-electron chi connectivity index (χ3n) is 3.28. The standard InChI is InChI=1S/C16H17ClN2O5/c1-2-3-6-24-9-4-5-10-11(7-9)14(22)13(19-15(10)17)16(23)18-8-12(20)21/h4-5,7,22H,2-3,6,8H2,1H3,(H,18,23)(H,20,21). The van der Waals surface area contributed by atoms with Gasteiger partial charge in [-0.1, -0.05) is 24.9 Å². The molecule has 1 aromatic heterocycles. The molecule has 0 atom stereocenters. The lowest BCUT2D eigenvalue weighted by Crippen LogP contribution is -2.30. The largest absolute Gasteiger partial charge is 0.505 e. The molecule has 8 heteroatoms. The first kappa shape index (κ1) is 17.8. The van der Waals surface area contributed by atoms with Crippen molar-refractivity contribution in [1.82, 2.24) is 10.3 Å². The molecule has 1 heterocycles. The summed E-state index contributed by atoms with van der Waals surface area (Å²) in [4.78, 5) is 26.4. The smallest absolute Gasteiger partial charge is 0.322 e. The highest BCUT2D eigenvalue weighted by molar-refractivity contribution is 6.35. The van der Waals surface area contributed by atoms with Gasteiger partial charge < -0.3 is 20.3 Å². The molecular weight excluding hydrogens is 336 g/mol. The molecule has 2 aromatic rings. The Morgan fingerprint density at radius 3 is 2.75 bits per heavy atom. The number of halogens is 1. The molecule has 0 aliphatic carbocycles. The van der Waals surface area contributed by atoms with Crippen LogP contribution in [0.1, 0.15) is 30.3 Å². The molecule has 7 nitrogen and oxygen atoms in total. The molecule has 0 fully saturated rings. The van der Waals surface area contributed by atoms with Crippen molar-refractivity contribution in [3.8, 4) is 11.5 Å². The molecular formula is C16H17ClN2O5. The second kappa shape index (κ2) is 7.83. The Kier molecular flexibility index (Phi) is 5.81. The van der Waals surface area contributed by atoms with Gasteiger partial charge in [0.2, 0.25) is 0 Å². The van der Waals surface area contributed by atoms with Gasteiger partial charge in [-0.2, -0.15) is 0 Å². The maximum Gasteiger partial charge on any atom is 0.322 e. The van der Waals surface area contributed by atoms with Gasteiger partial charge in [0.05, 0.1) is 6.61 Å². The van der Waals surface area contributed by atoms with E-state index in [0.717, 1.165) is 12.8 Å². The van der Waals surface area contributed by atoms with Gasteiger partial charge in [0.25, 0.3) is 5.91 Å². The van der Waals surface area contributed by atoms with Crippen LogP contribution in [0, 0.1) is 0 Å². The number of pyridine rings is 1. The Hall–Kier alpha value is -2.54. The van der Waals surface area contributed by atoms with Crippen LogP contribution in [0.5, 0.6) is 11.5 Å². The van der Waals surface area contributed by atoms with Crippen LogP contribution in [0.25, 0.3) is 10.8 Å². The number of hydrogen-bond donors (Lipinski definition) is 3. The van der Waals surface area contributed by atoms with Crippen molar-refractivity contribution in [3.63, 3.8) is 0 Å². The van der Waals surface area contributed by atoms with Crippen LogP contribution in [0.2, 0.25) is 5.15 Å². The van der Waals surface area contributed by atoms with Crippen LogP contribution in [0.3, 0.4) is 0 Å². The highest BCUT2D eigenvalue weighted by Crippen LogP contribution is 2.34. The number of nitrogens with zero attached hydrogens (tertiary/aromatic N) is 1. The van der Waals surface area contributed by atoms with E-state index >= 15 is 0 Å². The first-order valence-corrected chi connectivity index (χ1v) is 7.76. The number of carbonyl (C=O) groups excluding carboxylic acids is 1. The fourth-order valence-corrected chi connectivity index (χ4v) is 2.31. The molecule has 0 spiro atoms. The van der Waals surface area contributed by atoms with Gasteiger partial charge in [0.15, 0.2) is 11.4 Å². The van der Waals surface area contributed by atoms with Crippen molar-refractivity contribution in [1.29, 1.82) is 0 Å². The minimum atomic E-state index is -1.21. The SMILES string of the molecule is CCCCOc1ccc2c(Cl)nc(C(=O)NCC(=O)O)c(O)c2c1. The third kappa shape index (κ3) is 4.05. The molecule has 3 N–H and O–H groups in total. The van der Waals surface area contributed by atoms with Crippen molar-refractivity contribution in [2.24, 2.45) is 0 Å². The maximum absolute atomic E-state index is 12.0. The normalized spacial score (nSPS) is 10.6. The molecule has 24 heavy (non-hydrogen) atoms. The van der Waals surface area contributed by atoms with E-state index in [2.05, 4.69) is 10.3 Å². The Balaban J connectivity index is 2.38. The topological polar surface area (TPSA) is 109 Å². The van der Waals surface area contributed by atoms with E-state index in [1.54, 1.807) is 18.2 Å². The number of ether oxygens (including phenoxy) is 1. The zero-order chi connectivity index (χ0) is 17.7. The summed E-state index contributed by atoms with van der Waals surface area (Å²) in [6.07, 6.45) is 1.88. The zero-order valence-electron chi connectivity index (χ0n) is 13.0. The Morgan fingerprint density at radius 2 is 2.08 bits per heavy atom. The molecule has 0 saturated carbocycles. The van der Waals surface area contributed by atoms with Crippen LogP contribution in [-0.2, 0) is 4.79 Å². The van der Waals surface area contributed by atoms with Crippen LogP contribution >= 0.6 is 11.6 Å². The van der Waals surface area contributed by atoms with Gasteiger partial charge in [-0.05, 0) is 24.6 Å². The molecule has 1 amide bonds. The van der Waals surface area contributed by atoms with Crippen LogP contribution in [0.4, 0.5) is 0 Å². The zero-order valence-corrected chi connectivity index (χ0v) is 13.8. The summed E-state index contributed by atoms with van der Waals surface area (Å²) in [5.74, 6) is -1.87. The average molecular weight is 353 g/mol. The maximum atomic E-state index is 12.0. The quantitative estimate of drug-likeness (QED) is 0.522. The van der Waals surface area contributed by atoms with Crippen molar-refractivity contribution in [2.75, 3.05) is 13.2 Å². The molecule has 0 saturated heterocycles. The van der Waals surface area contributed by atoms with Gasteiger partial charge >= 0.3 is 5.97 Å². The fraction of sp³-hybridized carbons (Fsp3) is 0.312. The van der Waals surface area contributed by atoms with Crippen LogP contribution in [-0.4, -0.2) is 40.2 Å². The minimum absolute atomic E-state index is 0.0309. The molecule has 1 aromatic carbocycles. The molecule has 2 rings (SSSR count). The Bertz CT molecular complexity index is 779. The van der Waals surface area contributed by atoms with E-state index in [4.69, 9.17) is 21.4 Å². The second-order valence-electron chi connectivity index (χ2n) is 5.09. The minimum Gasteiger partial charge on any atom is -0.505 e. The number of benzene rings is 1. The molecule has 0 radical (unpaired) electrons. The van der Waals surface area contributed by atoms with Gasteiger partial charge in [-0.3, -0.25) is 9.59 Å². The molecule has 0 aliphatic rings. The summed E-state index contributed by atoms with van der Waals surface area (Å²) in [5.41, 5.74) is -0.334. The number of aliphatic carboxylic acids is 1. The summed E-state index contributed by atoms with van der Waals surface area (Å²) in [7, 11) is 0. The third-order valence-corrected chi connectivity index (χ3v) is 3.57. The number of carboxylic acids is 1. The van der Waals surface area contributed by atoms with Crippen LogP contribution in [0.15, 0.2) is 18.2 Å². The number of amides is 1. The fourth-order valence-electron chi connectivity index (χ4n) is 2.06. The van der Waals surface area contributed by atoms with E-state index in [9.17, 15) is 14.7 Å². The number of aromatic nitrogens is 1. The predicted molar refractivity (Wildman–Crippen MR) is 88.8 cm³/mol. The number of aromatic hydroxyl groups is 1. The van der Waals surface area contributed by atoms with E-state index in [1.165, 1.54) is 0 Å². The van der Waals surface area contributed by atoms with Crippen molar-refractivity contribution in [3.05, 3.63) is 29.0 Å². The average Bonchev–Trinajstić information content (AvgIpc) is 2.56. The Morgan fingerprint density at radius 1 is 1.33 bits per heavy atom. The summed E-state index contributed by atoms with van der Waals surface area (Å²) < 4.78 is 5.58. The van der Waals surface area contributed by atoms with E-state index < -0.39 is 18.4 Å². The van der Waals surface area contributed by atoms with Gasteiger partial charge in [0, 0.05) is 10.8 Å². The lowest BCUT2D eigenvalue weighted by atomic mass is 10.1. The summed E-state index contributed by atoms with van der Waals surface area (Å²) >= 11 is 6.06. The highest BCUT2D eigenvalue weighted by atomic mass is 35.5. The summed E-state index contributed by atoms with van der Waals surface area (Å²) in [5, 5.41) is 21.9. The van der Waals surface area contributed by atoms with Crippen LogP contribution < -0.4 is 10.1 Å². The van der Waals surface area contributed by atoms with E-state index in [1.807, 2.05) is 6.92 Å². The van der Waals surface area contributed by atoms with Gasteiger partial charge in [-0.15, -0.1) is 0 Å². The van der Waals surface area contributed by atoms with Gasteiger partial charge in [0.1, 0.15) is 17.4 Å². The number of carbonyl (C=O) groups is 2. The monoisotopic (exact) mass is 352 g/mol. The van der Waals surface area contributed by atoms with Gasteiger partial charge in [-0.25, -0.2) is 4.98 Å². The van der Waals surface area contributed by atoms with Crippen molar-refractivity contribution < 1.29 is 24.5 Å². The number of rotatable bonds is 7. The number of nitrogens with one attached hydrogen (secondary N) is 1. The number of hydrogen-bond acceptors (Lipinski definition) is 5. The number of fused-ring (bicyclic) bond motifs is 1. The van der Waals surface area contributed by atoms with Crippen molar-refractivity contribution >= 4 is 34.2 Å². The molecule has 0 aliphatic heterocycles. The lowest BCUT2D eigenvalue weighted by Gasteiger charge is -2.11. The molecule has 0 bridgehead atoms. The predicted octanol–water partition coefficient (Wildman–Crippen LogP) is 2.59. The van der Waals surface area contributed by atoms with E-state index in [0.29, 0.717) is 23.1 Å². The van der Waals surface area contributed by atoms with Crippen molar-refractivity contribution in [2.45, 2.75) is 19.8 Å². The van der Waals surface area contributed by atoms with E-state index in [-0.39, 0.29) is 16.6 Å². The second-order valence-corrected chi connectivity index (χ2v) is 5.44. The highest BCUT2D eigenvalue weighted by Gasteiger charge is 2.19. The summed E-state index contributed by atoms with van der Waals surface area (Å²) in [6, 6.07) is 4.92. The first-order chi connectivity index (χ1) is 11.4. The molecule has 128 valence electrons. The summed E-state index contributed by atoms with van der Waals surface area (Å²) in [6.45, 7) is 1.99. The number of unbranched alkanes of at least 4 members (excludes halogenated alkanes) is 1. The first-order valence-electron chi connectivity index (χ1n) is 7.39. The lowest BCUT2D eigenvalue weighted by molar-refractivity contribution is -0.135. The number of carboxylic acid groups (broad SMARTS) is 1. The Labute approximate surface area is 143 Å². The molecule has 0 unspecified atom stereocenters.